The summed E-state index contributed by atoms with van der Waals surface area (Å²) in [5.74, 6) is -0.959. The number of piperidine rings is 1. The number of unbranched alkanes of at least 4 members (excludes halogenated alkanes) is 1. The number of halogens is 3. The van der Waals surface area contributed by atoms with E-state index in [1.54, 1.807) is 22.9 Å². The Morgan fingerprint density at radius 1 is 0.953 bits per heavy atom. The lowest BCUT2D eigenvalue weighted by molar-refractivity contribution is -0.146. The van der Waals surface area contributed by atoms with E-state index >= 15 is 0 Å². The number of hydrogen-bond acceptors (Lipinski definition) is 12. The number of nitrogens with zero attached hydrogens (tertiary/aromatic N) is 7. The van der Waals surface area contributed by atoms with E-state index in [-0.39, 0.29) is 43.6 Å². The van der Waals surface area contributed by atoms with Crippen molar-refractivity contribution in [1.29, 1.82) is 0 Å². The molecule has 15 nitrogen and oxygen atoms in total. The van der Waals surface area contributed by atoms with E-state index in [0.29, 0.717) is 45.0 Å². The van der Waals surface area contributed by atoms with Crippen molar-refractivity contribution in [2.24, 2.45) is 5.41 Å². The molecule has 5 heterocycles. The van der Waals surface area contributed by atoms with Crippen LogP contribution in [-0.4, -0.2) is 110 Å². The number of nitrogens with one attached hydrogen (secondary N) is 2. The van der Waals surface area contributed by atoms with Gasteiger partial charge in [0, 0.05) is 39.2 Å². The molecule has 2 aromatic carbocycles. The van der Waals surface area contributed by atoms with Gasteiger partial charge in [-0.15, -0.1) is 26.6 Å². The molecule has 3 aromatic heterocycles. The number of rotatable bonds is 16. The third-order valence-corrected chi connectivity index (χ3v) is 12.5. The van der Waals surface area contributed by atoms with E-state index in [0.717, 1.165) is 50.4 Å². The van der Waals surface area contributed by atoms with Gasteiger partial charge in [0.2, 0.25) is 17.7 Å². The smallest absolute Gasteiger partial charge is 0.453 e. The van der Waals surface area contributed by atoms with Crippen LogP contribution in [0.2, 0.25) is 0 Å². The highest BCUT2D eigenvalue weighted by Crippen LogP contribution is 2.33. The summed E-state index contributed by atoms with van der Waals surface area (Å²) in [6.07, 6.45) is -2.49. The zero-order valence-corrected chi connectivity index (χ0v) is 37.1. The van der Waals surface area contributed by atoms with Gasteiger partial charge in [-0.2, -0.15) is 17.7 Å². The molecule has 7 rings (SSSR count). The van der Waals surface area contributed by atoms with Crippen LogP contribution in [0.4, 0.5) is 19.0 Å². The summed E-state index contributed by atoms with van der Waals surface area (Å²) in [7, 11) is 0. The Hall–Kier alpha value is -5.66. The van der Waals surface area contributed by atoms with Gasteiger partial charge in [0.05, 0.1) is 28.8 Å². The Bertz CT molecular complexity index is 2380. The van der Waals surface area contributed by atoms with Gasteiger partial charge in [-0.3, -0.25) is 14.4 Å². The van der Waals surface area contributed by atoms with Crippen molar-refractivity contribution >= 4 is 40.5 Å². The Morgan fingerprint density at radius 2 is 1.67 bits per heavy atom. The molecule has 64 heavy (non-hydrogen) atoms. The van der Waals surface area contributed by atoms with Crippen LogP contribution >= 0.6 is 11.3 Å². The average molecular weight is 906 g/mol. The molecule has 2 saturated heterocycles. The molecule has 3 atom stereocenters. The second kappa shape index (κ2) is 20.0. The molecular formula is C45H54F3N9O6S. The minimum atomic E-state index is -4.65. The number of fused-ring (bicyclic) bond motifs is 1. The van der Waals surface area contributed by atoms with Crippen LogP contribution in [0, 0.1) is 12.3 Å². The summed E-state index contributed by atoms with van der Waals surface area (Å²) < 4.78 is 52.3. The number of β-amino-alcohol motifs (C(OH)–C–C–N with tert-alkyl or cyclic N) is 1. The summed E-state index contributed by atoms with van der Waals surface area (Å²) in [6, 6.07) is 17.1. The standard InChI is InChI=1S/C45H54F3N9O6S/c1-28-39(64-27-50-28)32-9-7-29(8-10-32)24-49-41(60)35-23-33(58)25-56(35)42(61)40(44(2,3)4)51-38(59)26-62-21-5-6-22-63-34-13-11-30(12-14-34)31-17-19-55(20-18-31)37-16-15-36-52-53-43(45(46,47)48)57(36)54-37/h7-16,27,31,33,35,40,58H,5-6,17-26H2,1-4H3,(H,49,60)(H,51,59)/t33-,35-,40?/m0/s1. The fraction of sp³-hybridized carbons (Fsp3) is 0.489. The molecule has 2 aliphatic rings. The number of benzene rings is 2. The molecule has 0 radical (unpaired) electrons. The number of alkyl halides is 3. The summed E-state index contributed by atoms with van der Waals surface area (Å²) in [6.45, 7) is 9.47. The van der Waals surface area contributed by atoms with Crippen molar-refractivity contribution in [2.45, 2.75) is 96.6 Å². The second-order valence-electron chi connectivity index (χ2n) is 17.4. The van der Waals surface area contributed by atoms with Gasteiger partial charge in [-0.25, -0.2) is 4.98 Å². The van der Waals surface area contributed by atoms with Gasteiger partial charge in [-0.1, -0.05) is 57.2 Å². The monoisotopic (exact) mass is 905 g/mol. The molecule has 2 fully saturated rings. The largest absolute Gasteiger partial charge is 0.494 e. The first-order chi connectivity index (χ1) is 30.5. The van der Waals surface area contributed by atoms with Gasteiger partial charge in [0.1, 0.15) is 30.3 Å². The minimum Gasteiger partial charge on any atom is -0.494 e. The van der Waals surface area contributed by atoms with Crippen molar-refractivity contribution < 1.29 is 42.1 Å². The second-order valence-corrected chi connectivity index (χ2v) is 18.2. The van der Waals surface area contributed by atoms with E-state index in [2.05, 4.69) is 30.9 Å². The summed E-state index contributed by atoms with van der Waals surface area (Å²) >= 11 is 1.57. The van der Waals surface area contributed by atoms with Gasteiger partial charge in [0.25, 0.3) is 5.82 Å². The molecule has 2 aliphatic heterocycles. The molecule has 0 bridgehead atoms. The first-order valence-corrected chi connectivity index (χ1v) is 22.3. The quantitative estimate of drug-likeness (QED) is 0.1000. The van der Waals surface area contributed by atoms with Crippen molar-refractivity contribution in [3.63, 3.8) is 0 Å². The van der Waals surface area contributed by atoms with E-state index in [1.165, 1.54) is 11.0 Å². The molecule has 342 valence electrons. The predicted octanol–water partition coefficient (Wildman–Crippen LogP) is 5.94. The normalized spacial score (nSPS) is 17.8. The maximum absolute atomic E-state index is 13.9. The van der Waals surface area contributed by atoms with Crippen LogP contribution in [0.1, 0.15) is 81.4 Å². The van der Waals surface area contributed by atoms with E-state index in [4.69, 9.17) is 9.47 Å². The topological polar surface area (TPSA) is 176 Å². The molecular weight excluding hydrogens is 852 g/mol. The highest BCUT2D eigenvalue weighted by atomic mass is 32.1. The van der Waals surface area contributed by atoms with E-state index in [9.17, 15) is 32.7 Å². The third-order valence-electron chi connectivity index (χ3n) is 11.6. The molecule has 5 aromatic rings. The predicted molar refractivity (Wildman–Crippen MR) is 234 cm³/mol. The number of amides is 3. The molecule has 1 unspecified atom stereocenters. The summed E-state index contributed by atoms with van der Waals surface area (Å²) in [4.78, 5) is 49.1. The number of carbonyl (C=O) groups is 3. The first-order valence-electron chi connectivity index (χ1n) is 21.5. The number of ether oxygens (including phenoxy) is 2. The zero-order chi connectivity index (χ0) is 45.6. The summed E-state index contributed by atoms with van der Waals surface area (Å²) in [5, 5.41) is 27.3. The van der Waals surface area contributed by atoms with Crippen LogP contribution in [0.5, 0.6) is 5.75 Å². The third kappa shape index (κ3) is 11.3. The number of thiazole rings is 1. The molecule has 3 N–H and O–H groups in total. The van der Waals surface area contributed by atoms with Crippen LogP contribution in [0.25, 0.3) is 16.1 Å². The van der Waals surface area contributed by atoms with Crippen molar-refractivity contribution in [3.05, 3.63) is 88.8 Å². The lowest BCUT2D eigenvalue weighted by atomic mass is 9.85. The van der Waals surface area contributed by atoms with Gasteiger partial charge < -0.3 is 35.0 Å². The number of aliphatic hydroxyl groups excluding tert-OH is 1. The maximum atomic E-state index is 13.9. The Balaban J connectivity index is 0.799. The molecule has 0 spiro atoms. The van der Waals surface area contributed by atoms with Gasteiger partial charge in [0.15, 0.2) is 5.65 Å². The Kier molecular flexibility index (Phi) is 14.5. The number of aryl methyl sites for hydroxylation is 1. The highest BCUT2D eigenvalue weighted by Gasteiger charge is 2.44. The fourth-order valence-electron chi connectivity index (χ4n) is 8.05. The number of carbonyl (C=O) groups excluding carboxylic acids is 3. The van der Waals surface area contributed by atoms with Crippen molar-refractivity contribution in [1.82, 2.24) is 40.3 Å². The minimum absolute atomic E-state index is 0.0190. The number of hydrogen-bond donors (Lipinski definition) is 3. The lowest BCUT2D eigenvalue weighted by Gasteiger charge is -2.35. The number of aliphatic hydroxyl groups is 1. The Labute approximate surface area is 373 Å². The SMILES string of the molecule is Cc1ncsc1-c1ccc(CNC(=O)[C@@H]2C[C@H](O)CN2C(=O)C(NC(=O)COCCCCOc2ccc(C3CCN(c4ccc5nnc(C(F)(F)F)n5n4)CC3)cc2)C(C)(C)C)cc1. The van der Waals surface area contributed by atoms with Crippen molar-refractivity contribution in [3.8, 4) is 16.2 Å². The van der Waals surface area contributed by atoms with Crippen LogP contribution < -0.4 is 20.3 Å². The molecule has 19 heteroatoms. The van der Waals surface area contributed by atoms with Crippen LogP contribution in [0.3, 0.4) is 0 Å². The molecule has 3 amide bonds. The van der Waals surface area contributed by atoms with Crippen molar-refractivity contribution in [2.75, 3.05) is 44.4 Å². The molecule has 0 saturated carbocycles. The fourth-order valence-corrected chi connectivity index (χ4v) is 8.86. The van der Waals surface area contributed by atoms with E-state index in [1.807, 2.05) is 81.1 Å². The molecule has 0 aliphatic carbocycles. The Morgan fingerprint density at radius 3 is 2.34 bits per heavy atom. The van der Waals surface area contributed by atoms with Crippen LogP contribution in [-0.2, 0) is 31.8 Å². The van der Waals surface area contributed by atoms with Gasteiger partial charge >= 0.3 is 6.18 Å². The maximum Gasteiger partial charge on any atom is 0.453 e. The van der Waals surface area contributed by atoms with E-state index < -0.39 is 47.4 Å². The first kappa shape index (κ1) is 46.3. The summed E-state index contributed by atoms with van der Waals surface area (Å²) in [5.41, 5.74) is 5.20. The number of likely N-dealkylation sites (tertiary alicyclic amines) is 1. The van der Waals surface area contributed by atoms with Crippen LogP contribution in [0.15, 0.2) is 66.2 Å². The van der Waals surface area contributed by atoms with Gasteiger partial charge in [-0.05, 0) is 84.9 Å². The number of aromatic nitrogens is 5. The highest BCUT2D eigenvalue weighted by molar-refractivity contribution is 7.13. The average Bonchev–Trinajstić information content (AvgIpc) is 4.02. The zero-order valence-electron chi connectivity index (χ0n) is 36.3. The number of anilines is 1. The lowest BCUT2D eigenvalue weighted by Crippen LogP contribution is -2.58.